The number of aromatic amines is 1. The van der Waals surface area contributed by atoms with Gasteiger partial charge in [0.2, 0.25) is 5.91 Å². The first-order valence-corrected chi connectivity index (χ1v) is 13.7. The minimum atomic E-state index is -0.579. The second-order valence-electron chi connectivity index (χ2n) is 10.5. The van der Waals surface area contributed by atoms with Crippen molar-refractivity contribution >= 4 is 45.3 Å². The maximum atomic E-state index is 14.7. The fourth-order valence-corrected chi connectivity index (χ4v) is 5.92. The molecule has 0 spiro atoms. The molecule has 2 aliphatic heterocycles. The van der Waals surface area contributed by atoms with Crippen molar-refractivity contribution in [2.45, 2.75) is 25.2 Å². The van der Waals surface area contributed by atoms with E-state index in [0.29, 0.717) is 65.2 Å². The molecule has 1 unspecified atom stereocenters. The third-order valence-corrected chi connectivity index (χ3v) is 8.13. The number of halogens is 2. The Balaban J connectivity index is 1.46. The van der Waals surface area contributed by atoms with Crippen LogP contribution in [-0.2, 0) is 9.53 Å². The normalized spacial score (nSPS) is 21.6. The molecule has 2 fully saturated rings. The molecule has 5 heterocycles. The number of fused-ring (bicyclic) bond motifs is 2. The van der Waals surface area contributed by atoms with Gasteiger partial charge in [0, 0.05) is 62.9 Å². The maximum Gasteiger partial charge on any atom is 0.320 e. The molecular formula is C28H30ClFN8O3. The number of carbonyl (C=O) groups excluding carboxylic acids is 1. The average Bonchev–Trinajstić information content (AvgIpc) is 3.57. The van der Waals surface area contributed by atoms with Gasteiger partial charge in [-0.05, 0) is 32.2 Å². The predicted octanol–water partition coefficient (Wildman–Crippen LogP) is 3.29. The third-order valence-electron chi connectivity index (χ3n) is 7.76. The van der Waals surface area contributed by atoms with Crippen molar-refractivity contribution in [3.05, 3.63) is 47.9 Å². The van der Waals surface area contributed by atoms with E-state index in [4.69, 9.17) is 36.0 Å². The van der Waals surface area contributed by atoms with Crippen LogP contribution in [0.3, 0.4) is 0 Å². The van der Waals surface area contributed by atoms with E-state index in [-0.39, 0.29) is 35.2 Å². The van der Waals surface area contributed by atoms with E-state index in [1.807, 2.05) is 20.0 Å². The Labute approximate surface area is 240 Å². The van der Waals surface area contributed by atoms with Crippen LogP contribution in [0.15, 0.2) is 37.1 Å². The van der Waals surface area contributed by atoms with E-state index >= 15 is 0 Å². The first-order valence-electron chi connectivity index (χ1n) is 13.3. The van der Waals surface area contributed by atoms with Crippen LogP contribution in [0.2, 0.25) is 5.02 Å². The van der Waals surface area contributed by atoms with Crippen LogP contribution >= 0.6 is 11.6 Å². The van der Waals surface area contributed by atoms with E-state index in [9.17, 15) is 9.18 Å². The summed E-state index contributed by atoms with van der Waals surface area (Å²) in [7, 11) is 3.66. The fraction of sp³-hybridized carbons (Fsp3) is 0.393. The zero-order chi connectivity index (χ0) is 28.8. The molecule has 1 amide bonds. The van der Waals surface area contributed by atoms with Gasteiger partial charge in [0.1, 0.15) is 23.8 Å². The molecule has 11 nitrogen and oxygen atoms in total. The zero-order valence-electron chi connectivity index (χ0n) is 23.0. The second kappa shape index (κ2) is 10.8. The molecule has 4 aromatic rings. The van der Waals surface area contributed by atoms with Crippen molar-refractivity contribution in [3.8, 4) is 17.3 Å². The first kappa shape index (κ1) is 27.3. The summed E-state index contributed by atoms with van der Waals surface area (Å²) in [6, 6.07) is 5.06. The minimum Gasteiger partial charge on any atom is -0.456 e. The molecule has 41 heavy (non-hydrogen) atoms. The minimum absolute atomic E-state index is 0.0502. The van der Waals surface area contributed by atoms with Crippen molar-refractivity contribution in [2.24, 2.45) is 0 Å². The SMILES string of the molecule is C=CC(=O)N1CCN(c2nc(O[C@@H]3CN(C)C[C@H]3OC)nc3nc(-c4c(Cl)c(F)cc5[nH]ncc45)ccc23)C(C)C1. The second-order valence-corrected chi connectivity index (χ2v) is 10.8. The Morgan fingerprint density at radius 2 is 1.98 bits per heavy atom. The van der Waals surface area contributed by atoms with E-state index < -0.39 is 5.82 Å². The molecule has 2 saturated heterocycles. The van der Waals surface area contributed by atoms with Crippen LogP contribution in [-0.4, -0.2) is 106 Å². The van der Waals surface area contributed by atoms with Crippen LogP contribution in [0.4, 0.5) is 10.2 Å². The molecule has 0 aliphatic carbocycles. The smallest absolute Gasteiger partial charge is 0.320 e. The first-order chi connectivity index (χ1) is 19.8. The van der Waals surface area contributed by atoms with Gasteiger partial charge < -0.3 is 19.3 Å². The Kier molecular flexibility index (Phi) is 7.22. The number of benzene rings is 1. The lowest BCUT2D eigenvalue weighted by molar-refractivity contribution is -0.126. The number of aromatic nitrogens is 5. The number of methoxy groups -OCH3 is 1. The number of hydrogen-bond donors (Lipinski definition) is 1. The van der Waals surface area contributed by atoms with Gasteiger partial charge in [0.15, 0.2) is 5.65 Å². The highest BCUT2D eigenvalue weighted by molar-refractivity contribution is 6.35. The summed E-state index contributed by atoms with van der Waals surface area (Å²) in [6.07, 6.45) is 2.50. The highest BCUT2D eigenvalue weighted by Gasteiger charge is 2.34. The number of ether oxygens (including phenoxy) is 2. The number of H-pyrrole nitrogens is 1. The molecular weight excluding hydrogens is 551 g/mol. The number of nitrogens with one attached hydrogen (secondary N) is 1. The van der Waals surface area contributed by atoms with Crippen LogP contribution in [0.5, 0.6) is 6.01 Å². The molecule has 1 N–H and O–H groups in total. The summed E-state index contributed by atoms with van der Waals surface area (Å²) in [5.41, 5.74) is 1.74. The van der Waals surface area contributed by atoms with E-state index in [0.717, 1.165) is 6.54 Å². The Hall–Kier alpha value is -3.87. The number of anilines is 1. The highest BCUT2D eigenvalue weighted by Crippen LogP contribution is 2.37. The topological polar surface area (TPSA) is 113 Å². The molecule has 214 valence electrons. The number of amides is 1. The quantitative estimate of drug-likeness (QED) is 0.343. The summed E-state index contributed by atoms with van der Waals surface area (Å²) < 4.78 is 26.7. The number of pyridine rings is 1. The van der Waals surface area contributed by atoms with Crippen molar-refractivity contribution in [3.63, 3.8) is 0 Å². The summed E-state index contributed by atoms with van der Waals surface area (Å²) >= 11 is 6.45. The average molecular weight is 581 g/mol. The molecule has 0 saturated carbocycles. The van der Waals surface area contributed by atoms with Gasteiger partial charge in [0.05, 0.1) is 27.8 Å². The van der Waals surface area contributed by atoms with Gasteiger partial charge in [-0.1, -0.05) is 18.2 Å². The Bertz CT molecular complexity index is 1650. The molecule has 13 heteroatoms. The standard InChI is InChI=1S/C28H30ClFN8O3/c1-5-23(39)37-8-9-38(15(2)12-37)27-16-6-7-19(24-17-11-31-35-20(17)10-18(30)25(24)29)32-26(16)33-28(34-27)41-22-14-36(3)13-21(22)40-4/h5-7,10-11,15,21-22H,1,8-9,12-14H2,2-4H3,(H,31,35)/t15?,21-,22-/m1/s1. The summed E-state index contributed by atoms with van der Waals surface area (Å²) in [5.74, 6) is -0.0429. The summed E-state index contributed by atoms with van der Waals surface area (Å²) in [4.78, 5) is 32.7. The van der Waals surface area contributed by atoms with Gasteiger partial charge in [-0.2, -0.15) is 15.1 Å². The molecule has 0 radical (unpaired) electrons. The maximum absolute atomic E-state index is 14.7. The summed E-state index contributed by atoms with van der Waals surface area (Å²) in [6.45, 7) is 8.59. The molecule has 1 aromatic carbocycles. The van der Waals surface area contributed by atoms with Crippen molar-refractivity contribution < 1.29 is 18.7 Å². The van der Waals surface area contributed by atoms with Crippen molar-refractivity contribution in [1.82, 2.24) is 34.9 Å². The lowest BCUT2D eigenvalue weighted by Crippen LogP contribution is -2.53. The summed E-state index contributed by atoms with van der Waals surface area (Å²) in [5, 5.41) is 8.13. The lowest BCUT2D eigenvalue weighted by atomic mass is 10.1. The van der Waals surface area contributed by atoms with E-state index in [2.05, 4.69) is 26.6 Å². The fourth-order valence-electron chi connectivity index (χ4n) is 5.67. The zero-order valence-corrected chi connectivity index (χ0v) is 23.7. The van der Waals surface area contributed by atoms with Gasteiger partial charge in [-0.3, -0.25) is 14.8 Å². The van der Waals surface area contributed by atoms with Crippen LogP contribution in [0, 0.1) is 5.82 Å². The van der Waals surface area contributed by atoms with Crippen LogP contribution in [0.1, 0.15) is 6.92 Å². The highest BCUT2D eigenvalue weighted by atomic mass is 35.5. The van der Waals surface area contributed by atoms with E-state index in [1.165, 1.54) is 12.1 Å². The Morgan fingerprint density at radius 3 is 2.73 bits per heavy atom. The number of carbonyl (C=O) groups is 1. The third kappa shape index (κ3) is 4.96. The Morgan fingerprint density at radius 1 is 1.17 bits per heavy atom. The number of hydrogen-bond acceptors (Lipinski definition) is 9. The number of likely N-dealkylation sites (N-methyl/N-ethyl adjacent to an activating group) is 1. The van der Waals surface area contributed by atoms with Crippen molar-refractivity contribution in [2.75, 3.05) is 51.8 Å². The number of piperazine rings is 1. The molecule has 2 aliphatic rings. The monoisotopic (exact) mass is 580 g/mol. The van der Waals surface area contributed by atoms with E-state index in [1.54, 1.807) is 24.3 Å². The number of nitrogens with zero attached hydrogens (tertiary/aromatic N) is 7. The molecule has 3 aromatic heterocycles. The van der Waals surface area contributed by atoms with Crippen LogP contribution in [0.25, 0.3) is 33.2 Å². The van der Waals surface area contributed by atoms with Gasteiger partial charge in [0.25, 0.3) is 0 Å². The van der Waals surface area contributed by atoms with Crippen molar-refractivity contribution in [1.29, 1.82) is 0 Å². The van der Waals surface area contributed by atoms with Gasteiger partial charge in [-0.15, -0.1) is 0 Å². The number of likely N-dealkylation sites (tertiary alicyclic amines) is 1. The van der Waals surface area contributed by atoms with Gasteiger partial charge >= 0.3 is 6.01 Å². The van der Waals surface area contributed by atoms with Crippen LogP contribution < -0.4 is 9.64 Å². The molecule has 3 atom stereocenters. The lowest BCUT2D eigenvalue weighted by Gasteiger charge is -2.40. The predicted molar refractivity (Wildman–Crippen MR) is 154 cm³/mol. The largest absolute Gasteiger partial charge is 0.456 e. The number of rotatable bonds is 6. The molecule has 6 rings (SSSR count). The molecule has 0 bridgehead atoms. The van der Waals surface area contributed by atoms with Gasteiger partial charge in [-0.25, -0.2) is 9.37 Å².